The van der Waals surface area contributed by atoms with Crippen molar-refractivity contribution in [2.24, 2.45) is 0 Å². The number of anilines is 2. The minimum absolute atomic E-state index is 0.0111. The van der Waals surface area contributed by atoms with Crippen LogP contribution >= 0.6 is 0 Å². The molecule has 1 aromatic rings. The van der Waals surface area contributed by atoms with Gasteiger partial charge in [-0.25, -0.2) is 0 Å². The molecule has 0 heterocycles. The molecule has 0 atom stereocenters. The van der Waals surface area contributed by atoms with Gasteiger partial charge in [0, 0.05) is 51.6 Å². The lowest BCUT2D eigenvalue weighted by Gasteiger charge is -2.29. The van der Waals surface area contributed by atoms with E-state index in [-0.39, 0.29) is 24.5 Å². The number of methoxy groups -OCH3 is 1. The minimum Gasteiger partial charge on any atom is -0.377 e. The lowest BCUT2D eigenvalue weighted by Crippen LogP contribution is -2.36. The van der Waals surface area contributed by atoms with E-state index in [0.29, 0.717) is 18.7 Å². The van der Waals surface area contributed by atoms with Gasteiger partial charge >= 0.3 is 0 Å². The third-order valence-corrected chi connectivity index (χ3v) is 3.71. The highest BCUT2D eigenvalue weighted by molar-refractivity contribution is 5.92. The van der Waals surface area contributed by atoms with E-state index in [0.717, 1.165) is 11.3 Å². The highest BCUT2D eigenvalue weighted by Gasteiger charge is 2.18. The molecule has 2 amide bonds. The van der Waals surface area contributed by atoms with Crippen LogP contribution in [0.15, 0.2) is 18.2 Å². The van der Waals surface area contributed by atoms with Crippen LogP contribution in [0.5, 0.6) is 0 Å². The number of ether oxygens (including phenoxy) is 1. The molecule has 0 spiro atoms. The fourth-order valence-electron chi connectivity index (χ4n) is 2.50. The lowest BCUT2D eigenvalue weighted by molar-refractivity contribution is -0.133. The summed E-state index contributed by atoms with van der Waals surface area (Å²) in [6, 6.07) is 5.83. The highest BCUT2D eigenvalue weighted by atomic mass is 16.5. The van der Waals surface area contributed by atoms with Crippen LogP contribution in [-0.2, 0) is 20.9 Å². The van der Waals surface area contributed by atoms with Crippen LogP contribution in [0.25, 0.3) is 0 Å². The second kappa shape index (κ2) is 9.27. The maximum Gasteiger partial charge on any atom is 0.250 e. The van der Waals surface area contributed by atoms with Gasteiger partial charge in [0.25, 0.3) is 0 Å². The average molecular weight is 335 g/mol. The fraction of sp³-hybridized carbons (Fsp3) is 0.556. The summed E-state index contributed by atoms with van der Waals surface area (Å²) in [5.41, 5.74) is 2.71. The van der Waals surface area contributed by atoms with E-state index in [1.54, 1.807) is 0 Å². The van der Waals surface area contributed by atoms with Crippen molar-refractivity contribution in [2.75, 3.05) is 38.0 Å². The summed E-state index contributed by atoms with van der Waals surface area (Å²) in [5.74, 6) is -0.0880. The van der Waals surface area contributed by atoms with E-state index in [9.17, 15) is 9.59 Å². The molecule has 0 unspecified atom stereocenters. The zero-order chi connectivity index (χ0) is 18.3. The lowest BCUT2D eigenvalue weighted by atomic mass is 10.1. The van der Waals surface area contributed by atoms with E-state index < -0.39 is 0 Å². The van der Waals surface area contributed by atoms with Crippen LogP contribution < -0.4 is 10.2 Å². The van der Waals surface area contributed by atoms with E-state index in [1.807, 2.05) is 62.9 Å². The number of amides is 2. The summed E-state index contributed by atoms with van der Waals surface area (Å²) >= 11 is 0. The Morgan fingerprint density at radius 1 is 1.25 bits per heavy atom. The maximum atomic E-state index is 12.2. The molecule has 6 nitrogen and oxygen atoms in total. The van der Waals surface area contributed by atoms with Gasteiger partial charge in [0.05, 0.1) is 0 Å². The molecule has 1 rings (SSSR count). The number of hydrogen-bond acceptors (Lipinski definition) is 4. The molecule has 0 aliphatic heterocycles. The Morgan fingerprint density at radius 2 is 1.92 bits per heavy atom. The largest absolute Gasteiger partial charge is 0.377 e. The molecule has 134 valence electrons. The van der Waals surface area contributed by atoms with Gasteiger partial charge in [-0.2, -0.15) is 0 Å². The second-order valence-corrected chi connectivity index (χ2v) is 6.19. The van der Waals surface area contributed by atoms with Gasteiger partial charge in [-0.15, -0.1) is 0 Å². The van der Waals surface area contributed by atoms with E-state index in [4.69, 9.17) is 4.74 Å². The van der Waals surface area contributed by atoms with Gasteiger partial charge in [-0.3, -0.25) is 9.59 Å². The highest BCUT2D eigenvalue weighted by Crippen LogP contribution is 2.25. The maximum absolute atomic E-state index is 12.2. The van der Waals surface area contributed by atoms with Crippen molar-refractivity contribution in [1.29, 1.82) is 0 Å². The van der Waals surface area contributed by atoms with Gasteiger partial charge in [0.1, 0.15) is 6.61 Å². The molecule has 1 N–H and O–H groups in total. The molecule has 6 heteroatoms. The van der Waals surface area contributed by atoms with Crippen molar-refractivity contribution < 1.29 is 14.3 Å². The number of nitrogens with one attached hydrogen (secondary N) is 1. The first-order valence-corrected chi connectivity index (χ1v) is 8.18. The van der Waals surface area contributed by atoms with Crippen LogP contribution in [0, 0.1) is 0 Å². The summed E-state index contributed by atoms with van der Waals surface area (Å²) in [6.45, 7) is 6.40. The van der Waals surface area contributed by atoms with Crippen molar-refractivity contribution in [3.63, 3.8) is 0 Å². The monoisotopic (exact) mass is 335 g/mol. The zero-order valence-electron chi connectivity index (χ0n) is 15.5. The Hall–Kier alpha value is -2.08. The molecule has 0 saturated heterocycles. The smallest absolute Gasteiger partial charge is 0.250 e. The second-order valence-electron chi connectivity index (χ2n) is 6.19. The number of hydrogen-bond donors (Lipinski definition) is 1. The third kappa shape index (κ3) is 5.53. The third-order valence-electron chi connectivity index (χ3n) is 3.71. The zero-order valence-corrected chi connectivity index (χ0v) is 15.5. The number of rotatable bonds is 8. The van der Waals surface area contributed by atoms with Gasteiger partial charge in [-0.1, -0.05) is 6.92 Å². The summed E-state index contributed by atoms with van der Waals surface area (Å²) in [6.07, 6.45) is 0.472. The van der Waals surface area contributed by atoms with Gasteiger partial charge < -0.3 is 19.9 Å². The molecule has 1 aromatic carbocycles. The van der Waals surface area contributed by atoms with Crippen LogP contribution in [0.3, 0.4) is 0 Å². The Labute approximate surface area is 144 Å². The molecule has 0 saturated carbocycles. The molecule has 24 heavy (non-hydrogen) atoms. The van der Waals surface area contributed by atoms with E-state index in [2.05, 4.69) is 5.32 Å². The first-order chi connectivity index (χ1) is 11.3. The first kappa shape index (κ1) is 20.0. The SMILES string of the molecule is CCC(=O)N(Cc1cc(NC(=O)COC)ccc1N(C)C)C(C)C. The summed E-state index contributed by atoms with van der Waals surface area (Å²) in [5, 5.41) is 2.81. The normalized spacial score (nSPS) is 10.6. The predicted molar refractivity (Wildman–Crippen MR) is 97.3 cm³/mol. The molecule has 0 aliphatic rings. The van der Waals surface area contributed by atoms with Crippen molar-refractivity contribution in [3.8, 4) is 0 Å². The van der Waals surface area contributed by atoms with E-state index in [1.165, 1.54) is 7.11 Å². The van der Waals surface area contributed by atoms with Gasteiger partial charge in [0.15, 0.2) is 0 Å². The standard InChI is InChI=1S/C18H29N3O3/c1-7-18(23)21(13(2)3)11-14-10-15(19-17(22)12-24-6)8-9-16(14)20(4)5/h8-10,13H,7,11-12H2,1-6H3,(H,19,22). The minimum atomic E-state index is -0.202. The van der Waals surface area contributed by atoms with Crippen LogP contribution in [0.2, 0.25) is 0 Å². The number of carbonyl (C=O) groups excluding carboxylic acids is 2. The van der Waals surface area contributed by atoms with Crippen molar-refractivity contribution in [3.05, 3.63) is 23.8 Å². The summed E-state index contributed by atoms with van der Waals surface area (Å²) < 4.78 is 4.84. The number of nitrogens with zero attached hydrogens (tertiary/aromatic N) is 2. The Balaban J connectivity index is 3.12. The molecular formula is C18H29N3O3. The first-order valence-electron chi connectivity index (χ1n) is 8.18. The molecule has 0 fully saturated rings. The number of benzene rings is 1. The average Bonchev–Trinajstić information content (AvgIpc) is 2.51. The molecule has 0 bridgehead atoms. The summed E-state index contributed by atoms with van der Waals surface area (Å²) in [7, 11) is 5.41. The molecule has 0 aromatic heterocycles. The Morgan fingerprint density at radius 3 is 2.42 bits per heavy atom. The van der Waals surface area contributed by atoms with Crippen LogP contribution in [-0.4, -0.2) is 50.6 Å². The summed E-state index contributed by atoms with van der Waals surface area (Å²) in [4.78, 5) is 27.8. The van der Waals surface area contributed by atoms with E-state index >= 15 is 0 Å². The van der Waals surface area contributed by atoms with Crippen LogP contribution in [0.4, 0.5) is 11.4 Å². The molecule has 0 aliphatic carbocycles. The predicted octanol–water partition coefficient (Wildman–Crippen LogP) is 2.48. The quantitative estimate of drug-likeness (QED) is 0.793. The van der Waals surface area contributed by atoms with Crippen LogP contribution in [0.1, 0.15) is 32.8 Å². The Bertz CT molecular complexity index is 571. The van der Waals surface area contributed by atoms with Crippen molar-refractivity contribution in [2.45, 2.75) is 39.8 Å². The topological polar surface area (TPSA) is 61.9 Å². The van der Waals surface area contributed by atoms with Gasteiger partial charge in [-0.05, 0) is 37.6 Å². The van der Waals surface area contributed by atoms with Crippen molar-refractivity contribution >= 4 is 23.2 Å². The van der Waals surface area contributed by atoms with Gasteiger partial charge in [0.2, 0.25) is 11.8 Å². The van der Waals surface area contributed by atoms with Crippen molar-refractivity contribution in [1.82, 2.24) is 4.90 Å². The molecule has 0 radical (unpaired) electrons. The number of carbonyl (C=O) groups is 2. The molecular weight excluding hydrogens is 306 g/mol. The fourth-order valence-corrected chi connectivity index (χ4v) is 2.50. The Kier molecular flexibility index (Phi) is 7.71.